The molecule has 2 rings (SSSR count). The number of aromatic nitrogens is 2. The van der Waals surface area contributed by atoms with Crippen LogP contribution in [0.3, 0.4) is 0 Å². The Morgan fingerprint density at radius 1 is 1.43 bits per heavy atom. The topological polar surface area (TPSA) is 51.8 Å². The second kappa shape index (κ2) is 4.64. The van der Waals surface area contributed by atoms with E-state index >= 15 is 0 Å². The maximum atomic E-state index is 5.51. The molecule has 76 valence electrons. The van der Waals surface area contributed by atoms with E-state index in [1.807, 2.05) is 17.8 Å². The van der Waals surface area contributed by atoms with Crippen molar-refractivity contribution in [2.24, 2.45) is 0 Å². The Morgan fingerprint density at radius 2 is 2.21 bits per heavy atom. The van der Waals surface area contributed by atoms with E-state index in [0.29, 0.717) is 5.95 Å². The number of anilines is 1. The molecule has 0 radical (unpaired) electrons. The van der Waals surface area contributed by atoms with Gasteiger partial charge in [0.15, 0.2) is 0 Å². The molecule has 1 saturated carbocycles. The van der Waals surface area contributed by atoms with Gasteiger partial charge in [0.2, 0.25) is 5.95 Å². The van der Waals surface area contributed by atoms with Gasteiger partial charge in [0, 0.05) is 17.2 Å². The van der Waals surface area contributed by atoms with Crippen molar-refractivity contribution in [1.82, 2.24) is 9.97 Å². The first kappa shape index (κ1) is 9.77. The lowest BCUT2D eigenvalue weighted by molar-refractivity contribution is 0.886. The van der Waals surface area contributed by atoms with Crippen LogP contribution in [-0.4, -0.2) is 15.2 Å². The molecule has 0 bridgehead atoms. The molecule has 2 N–H and O–H groups in total. The van der Waals surface area contributed by atoms with Crippen molar-refractivity contribution in [3.8, 4) is 0 Å². The minimum atomic E-state index is 0.384. The van der Waals surface area contributed by atoms with Crippen LogP contribution in [-0.2, 0) is 5.75 Å². The molecule has 1 fully saturated rings. The van der Waals surface area contributed by atoms with E-state index in [-0.39, 0.29) is 0 Å². The Bertz CT molecular complexity index is 297. The molecule has 0 saturated heterocycles. The van der Waals surface area contributed by atoms with Gasteiger partial charge in [0.1, 0.15) is 0 Å². The Balaban J connectivity index is 1.85. The minimum Gasteiger partial charge on any atom is -0.368 e. The highest BCUT2D eigenvalue weighted by molar-refractivity contribution is 7.99. The molecular formula is C10H15N3S. The largest absolute Gasteiger partial charge is 0.368 e. The average Bonchev–Trinajstić information content (AvgIpc) is 2.67. The van der Waals surface area contributed by atoms with Crippen molar-refractivity contribution >= 4 is 17.7 Å². The van der Waals surface area contributed by atoms with Crippen molar-refractivity contribution < 1.29 is 0 Å². The zero-order valence-electron chi connectivity index (χ0n) is 8.15. The first-order valence-corrected chi connectivity index (χ1v) is 6.08. The fourth-order valence-corrected chi connectivity index (χ4v) is 2.99. The van der Waals surface area contributed by atoms with Gasteiger partial charge in [-0.05, 0) is 18.9 Å². The minimum absolute atomic E-state index is 0.384. The third-order valence-electron chi connectivity index (χ3n) is 2.50. The number of hydrogen-bond donors (Lipinski definition) is 1. The third kappa shape index (κ3) is 2.61. The summed E-state index contributed by atoms with van der Waals surface area (Å²) in [4.78, 5) is 8.06. The highest BCUT2D eigenvalue weighted by Gasteiger charge is 2.15. The molecule has 0 unspecified atom stereocenters. The van der Waals surface area contributed by atoms with Crippen LogP contribution in [0.2, 0.25) is 0 Å². The predicted molar refractivity (Wildman–Crippen MR) is 60.0 cm³/mol. The molecule has 4 heteroatoms. The first-order chi connectivity index (χ1) is 6.84. The number of nitrogens with two attached hydrogens (primary N) is 1. The van der Waals surface area contributed by atoms with Crippen LogP contribution >= 0.6 is 11.8 Å². The molecule has 1 heterocycles. The molecule has 0 aliphatic heterocycles. The molecule has 0 aromatic carbocycles. The monoisotopic (exact) mass is 209 g/mol. The normalized spacial score (nSPS) is 17.4. The molecule has 1 aliphatic rings. The van der Waals surface area contributed by atoms with Gasteiger partial charge in [-0.25, -0.2) is 9.97 Å². The van der Waals surface area contributed by atoms with Gasteiger partial charge in [-0.1, -0.05) is 12.8 Å². The highest BCUT2D eigenvalue weighted by Crippen LogP contribution is 2.31. The van der Waals surface area contributed by atoms with Crippen LogP contribution in [0.25, 0.3) is 0 Å². The predicted octanol–water partition coefficient (Wildman–Crippen LogP) is 2.23. The van der Waals surface area contributed by atoms with Gasteiger partial charge in [0.25, 0.3) is 0 Å². The van der Waals surface area contributed by atoms with Crippen molar-refractivity contribution in [3.05, 3.63) is 18.0 Å². The van der Waals surface area contributed by atoms with E-state index < -0.39 is 0 Å². The van der Waals surface area contributed by atoms with E-state index in [1.165, 1.54) is 25.7 Å². The molecule has 1 aromatic heterocycles. The first-order valence-electron chi connectivity index (χ1n) is 5.03. The second-order valence-corrected chi connectivity index (χ2v) is 4.91. The molecule has 3 nitrogen and oxygen atoms in total. The maximum Gasteiger partial charge on any atom is 0.220 e. The lowest BCUT2D eigenvalue weighted by atomic mass is 10.4. The quantitative estimate of drug-likeness (QED) is 0.829. The summed E-state index contributed by atoms with van der Waals surface area (Å²) in [5, 5.41) is 0.839. The summed E-state index contributed by atoms with van der Waals surface area (Å²) >= 11 is 2.00. The second-order valence-electron chi connectivity index (χ2n) is 3.62. The SMILES string of the molecule is Nc1nccc(CSC2CCCC2)n1. The van der Waals surface area contributed by atoms with Crippen molar-refractivity contribution in [2.75, 3.05) is 5.73 Å². The fraction of sp³-hybridized carbons (Fsp3) is 0.600. The van der Waals surface area contributed by atoms with Crippen LogP contribution < -0.4 is 5.73 Å². The van der Waals surface area contributed by atoms with Crippen LogP contribution in [0, 0.1) is 0 Å². The van der Waals surface area contributed by atoms with Crippen LogP contribution in [0.1, 0.15) is 31.4 Å². The Hall–Kier alpha value is -0.770. The third-order valence-corrected chi connectivity index (χ3v) is 3.91. The summed E-state index contributed by atoms with van der Waals surface area (Å²) in [7, 11) is 0. The Kier molecular flexibility index (Phi) is 3.24. The van der Waals surface area contributed by atoms with E-state index in [2.05, 4.69) is 9.97 Å². The van der Waals surface area contributed by atoms with Gasteiger partial charge < -0.3 is 5.73 Å². The van der Waals surface area contributed by atoms with Crippen molar-refractivity contribution in [2.45, 2.75) is 36.7 Å². The zero-order chi connectivity index (χ0) is 9.80. The molecule has 0 atom stereocenters. The number of nitrogen functional groups attached to an aromatic ring is 1. The number of thioether (sulfide) groups is 1. The van der Waals surface area contributed by atoms with E-state index in [4.69, 9.17) is 5.73 Å². The summed E-state index contributed by atoms with van der Waals surface area (Å²) in [6.45, 7) is 0. The lowest BCUT2D eigenvalue weighted by Crippen LogP contribution is -1.99. The molecule has 0 amide bonds. The maximum absolute atomic E-state index is 5.51. The zero-order valence-corrected chi connectivity index (χ0v) is 8.96. The van der Waals surface area contributed by atoms with Crippen LogP contribution in [0.5, 0.6) is 0 Å². The smallest absolute Gasteiger partial charge is 0.220 e. The summed E-state index contributed by atoms with van der Waals surface area (Å²) in [6, 6.07) is 1.94. The summed E-state index contributed by atoms with van der Waals surface area (Å²) in [5.41, 5.74) is 6.56. The molecule has 0 spiro atoms. The molecular weight excluding hydrogens is 194 g/mol. The summed E-state index contributed by atoms with van der Waals surface area (Å²) in [5.74, 6) is 1.35. The molecule has 14 heavy (non-hydrogen) atoms. The van der Waals surface area contributed by atoms with E-state index in [1.54, 1.807) is 6.20 Å². The van der Waals surface area contributed by atoms with Gasteiger partial charge in [-0.15, -0.1) is 0 Å². The Morgan fingerprint density at radius 3 is 2.93 bits per heavy atom. The van der Waals surface area contributed by atoms with Crippen molar-refractivity contribution in [3.63, 3.8) is 0 Å². The molecule has 1 aromatic rings. The molecule has 1 aliphatic carbocycles. The summed E-state index contributed by atoms with van der Waals surface area (Å²) < 4.78 is 0. The van der Waals surface area contributed by atoms with Gasteiger partial charge in [0.05, 0.1) is 5.69 Å². The number of hydrogen-bond acceptors (Lipinski definition) is 4. The van der Waals surface area contributed by atoms with Gasteiger partial charge in [-0.2, -0.15) is 11.8 Å². The van der Waals surface area contributed by atoms with E-state index in [9.17, 15) is 0 Å². The van der Waals surface area contributed by atoms with Gasteiger partial charge >= 0.3 is 0 Å². The lowest BCUT2D eigenvalue weighted by Gasteiger charge is -2.07. The fourth-order valence-electron chi connectivity index (χ4n) is 1.75. The highest BCUT2D eigenvalue weighted by atomic mass is 32.2. The standard InChI is InChI=1S/C10H15N3S/c11-10-12-6-5-8(13-10)7-14-9-3-1-2-4-9/h5-6,9H,1-4,7H2,(H2,11,12,13). The van der Waals surface area contributed by atoms with Crippen LogP contribution in [0.15, 0.2) is 12.3 Å². The number of nitrogens with zero attached hydrogens (tertiary/aromatic N) is 2. The number of rotatable bonds is 3. The van der Waals surface area contributed by atoms with Gasteiger partial charge in [-0.3, -0.25) is 0 Å². The van der Waals surface area contributed by atoms with Crippen molar-refractivity contribution in [1.29, 1.82) is 0 Å². The average molecular weight is 209 g/mol. The van der Waals surface area contributed by atoms with E-state index in [0.717, 1.165) is 16.7 Å². The summed E-state index contributed by atoms with van der Waals surface area (Å²) in [6.07, 6.45) is 7.25. The van der Waals surface area contributed by atoms with Crippen LogP contribution in [0.4, 0.5) is 5.95 Å². The Labute approximate surface area is 88.5 Å².